The average Bonchev–Trinajstić information content (AvgIpc) is 2.48. The molecule has 2 atom stereocenters. The Hall–Kier alpha value is -1.11. The first kappa shape index (κ1) is 21.9. The lowest BCUT2D eigenvalue weighted by Crippen LogP contribution is -2.53. The number of amides is 1. The number of nitrogens with zero attached hydrogens (tertiary/aromatic N) is 1. The van der Waals surface area contributed by atoms with Crippen molar-refractivity contribution in [1.29, 1.82) is 0 Å². The third-order valence-corrected chi connectivity index (χ3v) is 3.75. The number of rotatable bonds is 9. The molecule has 0 spiro atoms. The van der Waals surface area contributed by atoms with E-state index in [2.05, 4.69) is 10.4 Å². The van der Waals surface area contributed by atoms with Gasteiger partial charge in [-0.3, -0.25) is 4.79 Å². The number of carbonyl (C=O) groups excluding carboxylic acids is 2. The van der Waals surface area contributed by atoms with E-state index >= 15 is 0 Å². The maximum Gasteiger partial charge on any atom is 0.333 e. The van der Waals surface area contributed by atoms with Crippen molar-refractivity contribution in [3.05, 3.63) is 11.6 Å². The molecular weight excluding hydrogens is 318 g/mol. The van der Waals surface area contributed by atoms with Crippen LogP contribution in [0.1, 0.15) is 41.5 Å². The number of esters is 1. The van der Waals surface area contributed by atoms with Crippen molar-refractivity contribution in [3.63, 3.8) is 0 Å². The summed E-state index contributed by atoms with van der Waals surface area (Å²) < 4.78 is 5.00. The molecule has 0 aliphatic heterocycles. The number of nitrogens with one attached hydrogen (secondary N) is 2. The molecule has 0 aromatic heterocycles. The summed E-state index contributed by atoms with van der Waals surface area (Å²) in [5.41, 5.74) is 3.26. The number of hydrazine groups is 1. The van der Waals surface area contributed by atoms with Crippen molar-refractivity contribution in [2.75, 3.05) is 13.7 Å². The van der Waals surface area contributed by atoms with Gasteiger partial charge in [0.05, 0.1) is 12.6 Å². The van der Waals surface area contributed by atoms with Crippen molar-refractivity contribution in [2.24, 2.45) is 11.8 Å². The Morgan fingerprint density at radius 3 is 2.17 bits per heavy atom. The van der Waals surface area contributed by atoms with Gasteiger partial charge in [0.25, 0.3) is 0 Å². The van der Waals surface area contributed by atoms with Crippen LogP contribution in [0.3, 0.4) is 0 Å². The molecule has 1 amide bonds. The largest absolute Gasteiger partial charge is 0.463 e. The average molecular weight is 348 g/mol. The number of hydrogen-bond acceptors (Lipinski definition) is 5. The van der Waals surface area contributed by atoms with Crippen LogP contribution in [0.5, 0.6) is 0 Å². The maximum atomic E-state index is 12.7. The van der Waals surface area contributed by atoms with Gasteiger partial charge in [0.15, 0.2) is 0 Å². The van der Waals surface area contributed by atoms with Crippen molar-refractivity contribution in [1.82, 2.24) is 15.3 Å². The maximum absolute atomic E-state index is 12.7. The van der Waals surface area contributed by atoms with Crippen LogP contribution in [0.2, 0.25) is 0 Å². The van der Waals surface area contributed by atoms with E-state index in [0.717, 1.165) is 0 Å². The fourth-order valence-corrected chi connectivity index (χ4v) is 2.38. The second kappa shape index (κ2) is 10.6. The molecule has 0 aliphatic carbocycles. The molecule has 0 rings (SSSR count). The van der Waals surface area contributed by atoms with Gasteiger partial charge >= 0.3 is 5.97 Å². The van der Waals surface area contributed by atoms with E-state index in [1.165, 1.54) is 0 Å². The van der Waals surface area contributed by atoms with E-state index in [4.69, 9.17) is 16.5 Å². The molecule has 1 unspecified atom stereocenters. The Labute approximate surface area is 144 Å². The van der Waals surface area contributed by atoms with Crippen LogP contribution in [-0.4, -0.2) is 42.5 Å². The number of hydrogen-bond donors (Lipinski definition) is 2. The van der Waals surface area contributed by atoms with E-state index in [-0.39, 0.29) is 29.8 Å². The highest BCUT2D eigenvalue weighted by atomic mass is 35.5. The minimum atomic E-state index is -0.463. The van der Waals surface area contributed by atoms with Crippen molar-refractivity contribution < 1.29 is 14.3 Å². The van der Waals surface area contributed by atoms with Gasteiger partial charge in [-0.25, -0.2) is 10.2 Å². The minimum Gasteiger partial charge on any atom is -0.463 e. The third kappa shape index (κ3) is 6.89. The fraction of sp³-hybridized carbons (Fsp3) is 0.750. The molecule has 0 radical (unpaired) electrons. The molecule has 7 heteroatoms. The zero-order valence-corrected chi connectivity index (χ0v) is 15.9. The zero-order valence-electron chi connectivity index (χ0n) is 15.1. The van der Waals surface area contributed by atoms with Crippen LogP contribution in [0.4, 0.5) is 0 Å². The number of carbonyl (C=O) groups is 2. The molecule has 0 bridgehead atoms. The normalized spacial score (nSPS) is 14.8. The topological polar surface area (TPSA) is 70.7 Å². The van der Waals surface area contributed by atoms with Crippen LogP contribution in [0.15, 0.2) is 11.6 Å². The summed E-state index contributed by atoms with van der Waals surface area (Å²) in [4.78, 5) is 28.5. The summed E-state index contributed by atoms with van der Waals surface area (Å²) in [6.45, 7) is 11.7. The molecule has 0 aromatic carbocycles. The van der Waals surface area contributed by atoms with Gasteiger partial charge in [-0.1, -0.05) is 33.8 Å². The van der Waals surface area contributed by atoms with Crippen LogP contribution in [0, 0.1) is 11.8 Å². The smallest absolute Gasteiger partial charge is 0.333 e. The monoisotopic (exact) mass is 347 g/mol. The summed E-state index contributed by atoms with van der Waals surface area (Å²) >= 11 is 5.49. The first-order valence-corrected chi connectivity index (χ1v) is 8.28. The Bertz CT molecular complexity index is 425. The lowest BCUT2D eigenvalue weighted by molar-refractivity contribution is -0.139. The summed E-state index contributed by atoms with van der Waals surface area (Å²) in [7, 11) is 1.73. The molecule has 0 saturated carbocycles. The number of ether oxygens (including phenoxy) is 1. The van der Waals surface area contributed by atoms with Gasteiger partial charge in [-0.05, 0) is 37.5 Å². The van der Waals surface area contributed by atoms with Crippen molar-refractivity contribution in [2.45, 2.75) is 53.6 Å². The highest BCUT2D eigenvalue weighted by Gasteiger charge is 2.30. The Morgan fingerprint density at radius 1 is 1.22 bits per heavy atom. The Morgan fingerprint density at radius 2 is 1.78 bits per heavy atom. The lowest BCUT2D eigenvalue weighted by atomic mass is 9.97. The third-order valence-electron chi connectivity index (χ3n) is 3.64. The van der Waals surface area contributed by atoms with E-state index in [0.29, 0.717) is 12.2 Å². The molecule has 0 heterocycles. The van der Waals surface area contributed by atoms with Crippen LogP contribution in [0.25, 0.3) is 0 Å². The summed E-state index contributed by atoms with van der Waals surface area (Å²) in [6, 6.07) is -0.680. The number of halogens is 1. The van der Waals surface area contributed by atoms with Gasteiger partial charge in [0.2, 0.25) is 5.91 Å². The first-order valence-electron chi connectivity index (χ1n) is 7.90. The molecule has 0 fully saturated rings. The molecular formula is C16H30ClN3O3. The van der Waals surface area contributed by atoms with Gasteiger partial charge in [-0.15, -0.1) is 0 Å². The highest BCUT2D eigenvalue weighted by molar-refractivity contribution is 6.13. The highest BCUT2D eigenvalue weighted by Crippen LogP contribution is 2.16. The molecule has 0 aromatic rings. The van der Waals surface area contributed by atoms with Gasteiger partial charge in [0, 0.05) is 12.6 Å². The standard InChI is InChI=1S/C16H30ClN3O3/c1-8-23-16(22)12(6)9-13(10(2)3)20(7)15(21)14(11(4)5)18-19-17/h9-11,13-14,18-19H,8H2,1-7H3/b12-9+/t13-,14?/m1/s1. The van der Waals surface area contributed by atoms with Crippen molar-refractivity contribution in [3.8, 4) is 0 Å². The molecule has 23 heavy (non-hydrogen) atoms. The quantitative estimate of drug-likeness (QED) is 0.290. The minimum absolute atomic E-state index is 0.0548. The van der Waals surface area contributed by atoms with Gasteiger partial charge in [-0.2, -0.15) is 4.94 Å². The van der Waals surface area contributed by atoms with E-state index < -0.39 is 6.04 Å². The van der Waals surface area contributed by atoms with Gasteiger partial charge < -0.3 is 9.64 Å². The molecule has 0 saturated heterocycles. The predicted molar refractivity (Wildman–Crippen MR) is 92.5 cm³/mol. The Balaban J connectivity index is 5.33. The van der Waals surface area contributed by atoms with Crippen LogP contribution >= 0.6 is 11.8 Å². The predicted octanol–water partition coefficient (Wildman–Crippen LogP) is 2.25. The lowest BCUT2D eigenvalue weighted by Gasteiger charge is -2.33. The second-order valence-corrected chi connectivity index (χ2v) is 6.40. The van der Waals surface area contributed by atoms with E-state index in [1.807, 2.05) is 27.7 Å². The summed E-state index contributed by atoms with van der Waals surface area (Å²) in [6.07, 6.45) is 1.78. The first-order chi connectivity index (χ1) is 10.7. The molecule has 2 N–H and O–H groups in total. The fourth-order valence-electron chi connectivity index (χ4n) is 2.26. The van der Waals surface area contributed by atoms with E-state index in [1.54, 1.807) is 31.9 Å². The van der Waals surface area contributed by atoms with Gasteiger partial charge in [0.1, 0.15) is 6.04 Å². The van der Waals surface area contributed by atoms with E-state index in [9.17, 15) is 9.59 Å². The van der Waals surface area contributed by atoms with Crippen LogP contribution < -0.4 is 10.4 Å². The summed E-state index contributed by atoms with van der Waals surface area (Å²) in [5, 5.41) is 0. The summed E-state index contributed by atoms with van der Waals surface area (Å²) in [5.74, 6) is -0.260. The van der Waals surface area contributed by atoms with Crippen molar-refractivity contribution >= 4 is 23.7 Å². The number of likely N-dealkylation sites (N-methyl/N-ethyl adjacent to an activating group) is 1. The Kier molecular flexibility index (Phi) is 10.1. The molecule has 6 nitrogen and oxygen atoms in total. The zero-order chi connectivity index (χ0) is 18.2. The SMILES string of the molecule is CCOC(=O)/C(C)=C/[C@H](C(C)C)N(C)C(=O)C(NNCl)C(C)C. The molecule has 134 valence electrons. The second-order valence-electron chi connectivity index (χ2n) is 6.21. The molecule has 0 aliphatic rings. The van der Waals surface area contributed by atoms with Crippen LogP contribution in [-0.2, 0) is 14.3 Å².